The molecule has 1 rings (SSSR count). The highest BCUT2D eigenvalue weighted by molar-refractivity contribution is 4.86. The molecule has 2 nitrogen and oxygen atoms in total. The van der Waals surface area contributed by atoms with E-state index < -0.39 is 5.92 Å². The van der Waals surface area contributed by atoms with Crippen LogP contribution in [-0.2, 0) is 0 Å². The second kappa shape index (κ2) is 2.51. The van der Waals surface area contributed by atoms with Gasteiger partial charge in [-0.05, 0) is 0 Å². The zero-order valence-electron chi connectivity index (χ0n) is 5.48. The summed E-state index contributed by atoms with van der Waals surface area (Å²) < 4.78 is 24.7. The smallest absolute Gasteiger partial charge is 0.261 e. The lowest BCUT2D eigenvalue weighted by Crippen LogP contribution is -2.25. The van der Waals surface area contributed by atoms with Gasteiger partial charge in [-0.2, -0.15) is 5.26 Å². The summed E-state index contributed by atoms with van der Waals surface area (Å²) in [7, 11) is 0. The molecule has 0 spiro atoms. The van der Waals surface area contributed by atoms with Crippen molar-refractivity contribution in [3.05, 3.63) is 0 Å². The molecule has 0 radical (unpaired) electrons. The van der Waals surface area contributed by atoms with Crippen LogP contribution in [0.3, 0.4) is 0 Å². The summed E-state index contributed by atoms with van der Waals surface area (Å²) >= 11 is 0. The van der Waals surface area contributed by atoms with Gasteiger partial charge in [0, 0.05) is 13.0 Å². The van der Waals surface area contributed by atoms with Gasteiger partial charge in [0.05, 0.1) is 19.2 Å². The maximum absolute atomic E-state index is 12.4. The van der Waals surface area contributed by atoms with Crippen molar-refractivity contribution in [2.45, 2.75) is 12.3 Å². The standard InChI is InChI=1S/C6H8F2N2/c7-6(8)1-3-10(5-6)4-2-9/h1,3-5H2. The van der Waals surface area contributed by atoms with Crippen molar-refractivity contribution in [1.82, 2.24) is 4.90 Å². The highest BCUT2D eigenvalue weighted by Gasteiger charge is 2.37. The number of hydrogen-bond acceptors (Lipinski definition) is 2. The lowest BCUT2D eigenvalue weighted by Gasteiger charge is -2.09. The SMILES string of the molecule is N#CCN1CCC(F)(F)C1. The molecule has 10 heavy (non-hydrogen) atoms. The number of nitrogens with zero attached hydrogens (tertiary/aromatic N) is 2. The maximum atomic E-state index is 12.4. The molecule has 1 aliphatic rings. The van der Waals surface area contributed by atoms with Crippen molar-refractivity contribution in [3.8, 4) is 6.07 Å². The van der Waals surface area contributed by atoms with E-state index in [1.54, 1.807) is 0 Å². The summed E-state index contributed by atoms with van der Waals surface area (Å²) in [5.74, 6) is -2.56. The molecule has 0 N–H and O–H groups in total. The van der Waals surface area contributed by atoms with E-state index in [-0.39, 0.29) is 19.5 Å². The van der Waals surface area contributed by atoms with Crippen LogP contribution in [0.25, 0.3) is 0 Å². The Balaban J connectivity index is 2.38. The zero-order chi connectivity index (χ0) is 7.61. The lowest BCUT2D eigenvalue weighted by molar-refractivity contribution is 0.0134. The molecule has 0 atom stereocenters. The van der Waals surface area contributed by atoms with Crippen molar-refractivity contribution in [2.75, 3.05) is 19.6 Å². The van der Waals surface area contributed by atoms with Crippen LogP contribution >= 0.6 is 0 Å². The average Bonchev–Trinajstić information content (AvgIpc) is 2.12. The van der Waals surface area contributed by atoms with Gasteiger partial charge in [0.25, 0.3) is 5.92 Å². The Morgan fingerprint density at radius 1 is 1.60 bits per heavy atom. The zero-order valence-corrected chi connectivity index (χ0v) is 5.48. The highest BCUT2D eigenvalue weighted by atomic mass is 19.3. The Kier molecular flexibility index (Phi) is 1.86. The Morgan fingerprint density at radius 3 is 2.70 bits per heavy atom. The van der Waals surface area contributed by atoms with Crippen LogP contribution in [0.2, 0.25) is 0 Å². The molecule has 4 heteroatoms. The van der Waals surface area contributed by atoms with Crippen LogP contribution in [-0.4, -0.2) is 30.5 Å². The van der Waals surface area contributed by atoms with Gasteiger partial charge >= 0.3 is 0 Å². The topological polar surface area (TPSA) is 27.0 Å². The van der Waals surface area contributed by atoms with Gasteiger partial charge in [-0.3, -0.25) is 4.90 Å². The summed E-state index contributed by atoms with van der Waals surface area (Å²) in [4.78, 5) is 1.46. The van der Waals surface area contributed by atoms with Crippen LogP contribution in [0.5, 0.6) is 0 Å². The second-order valence-electron chi connectivity index (χ2n) is 2.47. The first-order valence-corrected chi connectivity index (χ1v) is 3.11. The molecule has 0 bridgehead atoms. The number of likely N-dealkylation sites (tertiary alicyclic amines) is 1. The average molecular weight is 146 g/mol. The van der Waals surface area contributed by atoms with Gasteiger partial charge in [0.2, 0.25) is 0 Å². The first-order valence-electron chi connectivity index (χ1n) is 3.11. The Morgan fingerprint density at radius 2 is 2.30 bits per heavy atom. The Labute approximate surface area is 58.0 Å². The van der Waals surface area contributed by atoms with Crippen molar-refractivity contribution in [1.29, 1.82) is 5.26 Å². The summed E-state index contributed by atoms with van der Waals surface area (Å²) in [5.41, 5.74) is 0. The predicted molar refractivity (Wildman–Crippen MR) is 31.6 cm³/mol. The third kappa shape index (κ3) is 1.64. The Bertz CT molecular complexity index is 162. The summed E-state index contributed by atoms with van der Waals surface area (Å²) in [6, 6.07) is 1.84. The van der Waals surface area contributed by atoms with Crippen LogP contribution in [0.4, 0.5) is 8.78 Å². The van der Waals surface area contributed by atoms with Crippen LogP contribution in [0, 0.1) is 11.3 Å². The fraction of sp³-hybridized carbons (Fsp3) is 0.833. The molecule has 0 aromatic heterocycles. The van der Waals surface area contributed by atoms with E-state index in [1.165, 1.54) is 4.90 Å². The van der Waals surface area contributed by atoms with Crippen molar-refractivity contribution in [3.63, 3.8) is 0 Å². The molecular weight excluding hydrogens is 138 g/mol. The van der Waals surface area contributed by atoms with Crippen LogP contribution in [0.1, 0.15) is 6.42 Å². The monoisotopic (exact) mass is 146 g/mol. The second-order valence-corrected chi connectivity index (χ2v) is 2.47. The maximum Gasteiger partial charge on any atom is 0.261 e. The van der Waals surface area contributed by atoms with E-state index in [4.69, 9.17) is 5.26 Å². The molecule has 1 heterocycles. The molecule has 0 aliphatic carbocycles. The molecule has 0 aromatic carbocycles. The molecular formula is C6H8F2N2. The van der Waals surface area contributed by atoms with E-state index in [9.17, 15) is 8.78 Å². The third-order valence-corrected chi connectivity index (χ3v) is 1.54. The van der Waals surface area contributed by atoms with E-state index in [2.05, 4.69) is 0 Å². The quantitative estimate of drug-likeness (QED) is 0.513. The minimum Gasteiger partial charge on any atom is -0.284 e. The number of hydrogen-bond donors (Lipinski definition) is 0. The lowest BCUT2D eigenvalue weighted by atomic mass is 10.3. The van der Waals surface area contributed by atoms with E-state index in [0.717, 1.165) is 0 Å². The molecule has 0 amide bonds. The van der Waals surface area contributed by atoms with Gasteiger partial charge in [-0.25, -0.2) is 8.78 Å². The number of alkyl halides is 2. The van der Waals surface area contributed by atoms with Crippen LogP contribution < -0.4 is 0 Å². The molecule has 1 aliphatic heterocycles. The fourth-order valence-electron chi connectivity index (χ4n) is 1.04. The molecule has 0 unspecified atom stereocenters. The number of halogens is 2. The molecule has 56 valence electrons. The van der Waals surface area contributed by atoms with Gasteiger partial charge < -0.3 is 0 Å². The summed E-state index contributed by atoms with van der Waals surface area (Å²) in [5, 5.41) is 8.16. The summed E-state index contributed by atoms with van der Waals surface area (Å²) in [6.07, 6.45) is -0.103. The van der Waals surface area contributed by atoms with Gasteiger partial charge in [0.15, 0.2) is 0 Å². The third-order valence-electron chi connectivity index (χ3n) is 1.54. The van der Waals surface area contributed by atoms with Crippen molar-refractivity contribution < 1.29 is 8.78 Å². The minimum atomic E-state index is -2.56. The van der Waals surface area contributed by atoms with Crippen molar-refractivity contribution in [2.24, 2.45) is 0 Å². The molecule has 0 saturated carbocycles. The first-order chi connectivity index (χ1) is 4.64. The number of nitriles is 1. The molecule has 1 saturated heterocycles. The van der Waals surface area contributed by atoms with E-state index >= 15 is 0 Å². The fourth-order valence-corrected chi connectivity index (χ4v) is 1.04. The number of rotatable bonds is 1. The van der Waals surface area contributed by atoms with Crippen molar-refractivity contribution >= 4 is 0 Å². The minimum absolute atomic E-state index is 0.103. The molecule has 0 aromatic rings. The predicted octanol–water partition coefficient (Wildman–Crippen LogP) is 0.851. The molecule has 1 fully saturated rings. The Hall–Kier alpha value is -0.690. The van der Waals surface area contributed by atoms with Gasteiger partial charge in [-0.15, -0.1) is 0 Å². The first kappa shape index (κ1) is 7.42. The summed E-state index contributed by atoms with van der Waals surface area (Å²) in [6.45, 7) is 0.219. The van der Waals surface area contributed by atoms with E-state index in [1.807, 2.05) is 6.07 Å². The van der Waals surface area contributed by atoms with E-state index in [0.29, 0.717) is 6.54 Å². The largest absolute Gasteiger partial charge is 0.284 e. The highest BCUT2D eigenvalue weighted by Crippen LogP contribution is 2.25. The normalized spacial score (nSPS) is 24.5. The van der Waals surface area contributed by atoms with Gasteiger partial charge in [-0.1, -0.05) is 0 Å². The van der Waals surface area contributed by atoms with Crippen LogP contribution in [0.15, 0.2) is 0 Å². The van der Waals surface area contributed by atoms with Gasteiger partial charge in [0.1, 0.15) is 0 Å².